The predicted molar refractivity (Wildman–Crippen MR) is 60.5 cm³/mol. The topological polar surface area (TPSA) is 66.8 Å². The molecule has 0 aromatic carbocycles. The highest BCUT2D eigenvalue weighted by atomic mass is 16.5. The maximum atomic E-state index is 12.2. The number of aliphatic carboxylic acids is 1. The van der Waals surface area contributed by atoms with Crippen molar-refractivity contribution in [3.8, 4) is 0 Å². The van der Waals surface area contributed by atoms with Gasteiger partial charge in [-0.2, -0.15) is 0 Å². The minimum atomic E-state index is -1.12. The standard InChI is InChI=1S/C12H19NO4/c1-11(17-2)4-3-7-13(8-11)9(14)12(5-6-12)10(15)16/h3-8H2,1-2H3,(H,15,16). The fourth-order valence-corrected chi connectivity index (χ4v) is 2.49. The Morgan fingerprint density at radius 2 is 1.94 bits per heavy atom. The monoisotopic (exact) mass is 241 g/mol. The van der Waals surface area contributed by atoms with E-state index in [2.05, 4.69) is 0 Å². The van der Waals surface area contributed by atoms with E-state index >= 15 is 0 Å². The van der Waals surface area contributed by atoms with Crippen molar-refractivity contribution in [3.05, 3.63) is 0 Å². The lowest BCUT2D eigenvalue weighted by atomic mass is 9.93. The van der Waals surface area contributed by atoms with Crippen LogP contribution < -0.4 is 0 Å². The number of rotatable bonds is 3. The Labute approximate surface area is 101 Å². The molecular formula is C12H19NO4. The molecule has 1 saturated heterocycles. The Balaban J connectivity index is 2.08. The van der Waals surface area contributed by atoms with Crippen LogP contribution in [0.15, 0.2) is 0 Å². The zero-order valence-electron chi connectivity index (χ0n) is 10.4. The maximum absolute atomic E-state index is 12.2. The average molecular weight is 241 g/mol. The summed E-state index contributed by atoms with van der Waals surface area (Å²) in [7, 11) is 1.64. The SMILES string of the molecule is COC1(C)CCCN(C(=O)C2(C(=O)O)CC2)C1. The summed E-state index contributed by atoms with van der Waals surface area (Å²) in [6.45, 7) is 3.11. The molecule has 1 aliphatic carbocycles. The first-order valence-electron chi connectivity index (χ1n) is 6.01. The van der Waals surface area contributed by atoms with E-state index in [0.29, 0.717) is 25.9 Å². The summed E-state index contributed by atoms with van der Waals surface area (Å²) in [5.74, 6) is -1.21. The van der Waals surface area contributed by atoms with E-state index in [1.807, 2.05) is 6.92 Å². The van der Waals surface area contributed by atoms with Crippen molar-refractivity contribution in [2.24, 2.45) is 5.41 Å². The van der Waals surface area contributed by atoms with Crippen molar-refractivity contribution in [1.82, 2.24) is 4.90 Å². The summed E-state index contributed by atoms with van der Waals surface area (Å²) in [5.41, 5.74) is -1.45. The quantitative estimate of drug-likeness (QED) is 0.745. The minimum absolute atomic E-state index is 0.229. The van der Waals surface area contributed by atoms with Crippen LogP contribution in [0.2, 0.25) is 0 Å². The third-order valence-corrected chi connectivity index (χ3v) is 4.01. The first-order chi connectivity index (χ1) is 7.93. The number of likely N-dealkylation sites (tertiary alicyclic amines) is 1. The van der Waals surface area contributed by atoms with Crippen LogP contribution in [0.4, 0.5) is 0 Å². The highest BCUT2D eigenvalue weighted by molar-refractivity contribution is 6.04. The Morgan fingerprint density at radius 3 is 2.41 bits per heavy atom. The van der Waals surface area contributed by atoms with Gasteiger partial charge in [0.25, 0.3) is 0 Å². The molecular weight excluding hydrogens is 222 g/mol. The summed E-state index contributed by atoms with van der Waals surface area (Å²) >= 11 is 0. The molecule has 96 valence electrons. The molecule has 0 radical (unpaired) electrons. The van der Waals surface area contributed by atoms with Gasteiger partial charge in [0.1, 0.15) is 5.41 Å². The van der Waals surface area contributed by atoms with Crippen LogP contribution >= 0.6 is 0 Å². The maximum Gasteiger partial charge on any atom is 0.319 e. The first-order valence-corrected chi connectivity index (χ1v) is 6.01. The minimum Gasteiger partial charge on any atom is -0.480 e. The van der Waals surface area contributed by atoms with Gasteiger partial charge in [0.05, 0.1) is 5.60 Å². The molecule has 0 spiro atoms. The molecule has 1 aliphatic heterocycles. The van der Waals surface area contributed by atoms with Gasteiger partial charge in [0, 0.05) is 20.2 Å². The zero-order chi connectivity index (χ0) is 12.7. The Kier molecular flexibility index (Phi) is 2.89. The van der Waals surface area contributed by atoms with E-state index in [1.54, 1.807) is 12.0 Å². The second kappa shape index (κ2) is 3.98. The summed E-state index contributed by atoms with van der Waals surface area (Å²) in [6.07, 6.45) is 2.72. The van der Waals surface area contributed by atoms with Crippen molar-refractivity contribution >= 4 is 11.9 Å². The number of amides is 1. The number of hydrogen-bond acceptors (Lipinski definition) is 3. The van der Waals surface area contributed by atoms with Crippen LogP contribution in [0.5, 0.6) is 0 Å². The van der Waals surface area contributed by atoms with Crippen LogP contribution in [-0.4, -0.2) is 47.7 Å². The van der Waals surface area contributed by atoms with Gasteiger partial charge in [-0.1, -0.05) is 0 Å². The zero-order valence-corrected chi connectivity index (χ0v) is 10.4. The van der Waals surface area contributed by atoms with Gasteiger partial charge in [-0.15, -0.1) is 0 Å². The van der Waals surface area contributed by atoms with Gasteiger partial charge >= 0.3 is 5.97 Å². The van der Waals surface area contributed by atoms with E-state index in [4.69, 9.17) is 9.84 Å². The van der Waals surface area contributed by atoms with Crippen LogP contribution in [0.1, 0.15) is 32.6 Å². The van der Waals surface area contributed by atoms with Crippen molar-refractivity contribution in [1.29, 1.82) is 0 Å². The van der Waals surface area contributed by atoms with Gasteiger partial charge in [-0.3, -0.25) is 9.59 Å². The highest BCUT2D eigenvalue weighted by Crippen LogP contribution is 2.48. The Hall–Kier alpha value is -1.10. The molecule has 5 heteroatoms. The molecule has 1 unspecified atom stereocenters. The smallest absolute Gasteiger partial charge is 0.319 e. The fraction of sp³-hybridized carbons (Fsp3) is 0.833. The third kappa shape index (κ3) is 2.04. The number of piperidine rings is 1. The first kappa shape index (κ1) is 12.4. The molecule has 17 heavy (non-hydrogen) atoms. The van der Waals surface area contributed by atoms with Crippen LogP contribution in [0, 0.1) is 5.41 Å². The number of nitrogens with zero attached hydrogens (tertiary/aromatic N) is 1. The molecule has 2 fully saturated rings. The summed E-state index contributed by atoms with van der Waals surface area (Å²) < 4.78 is 5.41. The molecule has 1 atom stereocenters. The second-order valence-corrected chi connectivity index (χ2v) is 5.37. The van der Waals surface area contributed by atoms with Gasteiger partial charge in [-0.05, 0) is 32.6 Å². The van der Waals surface area contributed by atoms with E-state index in [9.17, 15) is 9.59 Å². The number of ether oxygens (including phenoxy) is 1. The van der Waals surface area contributed by atoms with Gasteiger partial charge < -0.3 is 14.7 Å². The molecule has 1 N–H and O–H groups in total. The van der Waals surface area contributed by atoms with Crippen molar-refractivity contribution in [3.63, 3.8) is 0 Å². The van der Waals surface area contributed by atoms with Crippen LogP contribution in [0.3, 0.4) is 0 Å². The molecule has 0 bridgehead atoms. The van der Waals surface area contributed by atoms with Gasteiger partial charge in [0.15, 0.2) is 0 Å². The molecule has 2 aliphatic rings. The predicted octanol–water partition coefficient (Wildman–Crippen LogP) is 0.879. The van der Waals surface area contributed by atoms with Crippen molar-refractivity contribution < 1.29 is 19.4 Å². The van der Waals surface area contributed by atoms with Crippen molar-refractivity contribution in [2.45, 2.75) is 38.2 Å². The molecule has 1 amide bonds. The molecule has 1 heterocycles. The summed E-state index contributed by atoms with van der Waals surface area (Å²) in [4.78, 5) is 25.0. The van der Waals surface area contributed by atoms with E-state index in [0.717, 1.165) is 12.8 Å². The fourth-order valence-electron chi connectivity index (χ4n) is 2.49. The average Bonchev–Trinajstić information content (AvgIpc) is 3.09. The van der Waals surface area contributed by atoms with Crippen LogP contribution in [0.25, 0.3) is 0 Å². The number of hydrogen-bond donors (Lipinski definition) is 1. The number of methoxy groups -OCH3 is 1. The Morgan fingerprint density at radius 1 is 1.29 bits per heavy atom. The van der Waals surface area contributed by atoms with E-state index in [1.165, 1.54) is 0 Å². The highest BCUT2D eigenvalue weighted by Gasteiger charge is 2.59. The molecule has 0 aromatic heterocycles. The van der Waals surface area contributed by atoms with Gasteiger partial charge in [-0.25, -0.2) is 0 Å². The Bertz CT molecular complexity index is 350. The number of carbonyl (C=O) groups excluding carboxylic acids is 1. The summed E-state index contributed by atoms with van der Waals surface area (Å²) in [6, 6.07) is 0. The molecule has 5 nitrogen and oxygen atoms in total. The lowest BCUT2D eigenvalue weighted by Crippen LogP contribution is -2.52. The van der Waals surface area contributed by atoms with Gasteiger partial charge in [0.2, 0.25) is 5.91 Å². The molecule has 1 saturated carbocycles. The number of carbonyl (C=O) groups is 2. The van der Waals surface area contributed by atoms with Crippen molar-refractivity contribution in [2.75, 3.05) is 20.2 Å². The molecule has 2 rings (SSSR count). The normalized spacial score (nSPS) is 31.1. The lowest BCUT2D eigenvalue weighted by Gasteiger charge is -2.40. The summed E-state index contributed by atoms with van der Waals surface area (Å²) in [5, 5.41) is 9.11. The van der Waals surface area contributed by atoms with E-state index < -0.39 is 11.4 Å². The largest absolute Gasteiger partial charge is 0.480 e. The lowest BCUT2D eigenvalue weighted by molar-refractivity contribution is -0.157. The molecule has 0 aromatic rings. The second-order valence-electron chi connectivity index (χ2n) is 5.37. The number of carboxylic acid groups (broad SMARTS) is 1. The third-order valence-electron chi connectivity index (χ3n) is 4.01. The van der Waals surface area contributed by atoms with Crippen LogP contribution in [-0.2, 0) is 14.3 Å². The van der Waals surface area contributed by atoms with E-state index in [-0.39, 0.29) is 11.5 Å². The number of carboxylic acids is 1.